The second-order valence-corrected chi connectivity index (χ2v) is 21.4. The van der Waals surface area contributed by atoms with Crippen LogP contribution in [0.4, 0.5) is 0 Å². The number of rotatable bonds is 58. The second kappa shape index (κ2) is 62.9. The number of hydrogen-bond acceptors (Lipinski definition) is 3. The van der Waals surface area contributed by atoms with Crippen molar-refractivity contribution in [2.24, 2.45) is 0 Å². The minimum absolute atomic E-state index is 0.0768. The number of nitrogens with one attached hydrogen (secondary N) is 1. The number of amides is 1. The first-order valence-corrected chi connectivity index (χ1v) is 31.8. The van der Waals surface area contributed by atoms with Crippen LogP contribution in [0.3, 0.4) is 0 Å². The van der Waals surface area contributed by atoms with Gasteiger partial charge in [0.1, 0.15) is 0 Å². The van der Waals surface area contributed by atoms with E-state index in [-0.39, 0.29) is 12.5 Å². The lowest BCUT2D eigenvalue weighted by molar-refractivity contribution is -0.123. The molecule has 0 aromatic heterocycles. The third kappa shape index (κ3) is 58.5. The highest BCUT2D eigenvalue weighted by atomic mass is 16.3. The number of aliphatic hydroxyl groups excluding tert-OH is 2. The highest BCUT2D eigenvalue weighted by Crippen LogP contribution is 2.17. The van der Waals surface area contributed by atoms with Gasteiger partial charge >= 0.3 is 0 Å². The molecule has 3 N–H and O–H groups in total. The molecule has 2 unspecified atom stereocenters. The van der Waals surface area contributed by atoms with Crippen molar-refractivity contribution in [1.29, 1.82) is 0 Å². The van der Waals surface area contributed by atoms with Gasteiger partial charge in [-0.25, -0.2) is 0 Å². The fourth-order valence-electron chi connectivity index (χ4n) is 9.56. The van der Waals surface area contributed by atoms with Crippen molar-refractivity contribution in [2.45, 2.75) is 334 Å². The average Bonchev–Trinajstić information content (AvgIpc) is 3.39. The molecule has 0 aliphatic rings. The average molecular weight is 1000 g/mol. The Morgan fingerprint density at radius 1 is 0.347 bits per heavy atom. The van der Waals surface area contributed by atoms with E-state index in [9.17, 15) is 15.0 Å². The van der Waals surface area contributed by atoms with Gasteiger partial charge in [0.2, 0.25) is 5.91 Å². The van der Waals surface area contributed by atoms with E-state index in [2.05, 4.69) is 92.1 Å². The van der Waals surface area contributed by atoms with Crippen molar-refractivity contribution in [3.05, 3.63) is 85.1 Å². The lowest BCUT2D eigenvalue weighted by atomic mass is 10.0. The van der Waals surface area contributed by atoms with Gasteiger partial charge in [0.05, 0.1) is 18.8 Å². The predicted molar refractivity (Wildman–Crippen MR) is 322 cm³/mol. The van der Waals surface area contributed by atoms with Crippen molar-refractivity contribution in [2.75, 3.05) is 6.61 Å². The van der Waals surface area contributed by atoms with Crippen molar-refractivity contribution in [3.63, 3.8) is 0 Å². The van der Waals surface area contributed by atoms with Crippen LogP contribution in [-0.2, 0) is 4.79 Å². The van der Waals surface area contributed by atoms with E-state index in [1.54, 1.807) is 6.08 Å². The first-order valence-electron chi connectivity index (χ1n) is 31.8. The van der Waals surface area contributed by atoms with E-state index >= 15 is 0 Å². The molecule has 0 spiro atoms. The molecule has 0 aromatic carbocycles. The molecule has 418 valence electrons. The van der Waals surface area contributed by atoms with Crippen LogP contribution in [0.2, 0.25) is 0 Å². The predicted octanol–water partition coefficient (Wildman–Crippen LogP) is 21.5. The summed E-state index contributed by atoms with van der Waals surface area (Å²) in [4.78, 5) is 12.5. The number of carbonyl (C=O) groups is 1. The van der Waals surface area contributed by atoms with E-state index in [0.29, 0.717) is 6.42 Å². The summed E-state index contributed by atoms with van der Waals surface area (Å²) < 4.78 is 0. The quantitative estimate of drug-likeness (QED) is 0.0420. The second-order valence-electron chi connectivity index (χ2n) is 21.4. The molecule has 4 nitrogen and oxygen atoms in total. The van der Waals surface area contributed by atoms with Gasteiger partial charge in [0, 0.05) is 6.42 Å². The summed E-state index contributed by atoms with van der Waals surface area (Å²) in [6.07, 6.45) is 92.1. The largest absolute Gasteiger partial charge is 0.394 e. The molecule has 0 aromatic rings. The molecule has 0 heterocycles. The zero-order valence-electron chi connectivity index (χ0n) is 48.2. The van der Waals surface area contributed by atoms with Crippen LogP contribution in [0.1, 0.15) is 322 Å². The van der Waals surface area contributed by atoms with Crippen molar-refractivity contribution in [3.8, 4) is 0 Å². The minimum Gasteiger partial charge on any atom is -0.394 e. The Bertz CT molecular complexity index is 1270. The molecule has 1 amide bonds. The van der Waals surface area contributed by atoms with Gasteiger partial charge in [-0.1, -0.05) is 317 Å². The van der Waals surface area contributed by atoms with Gasteiger partial charge in [-0.3, -0.25) is 4.79 Å². The number of carbonyl (C=O) groups excluding carboxylic acids is 1. The number of hydrogen-bond donors (Lipinski definition) is 3. The Morgan fingerprint density at radius 3 is 0.972 bits per heavy atom. The third-order valence-corrected chi connectivity index (χ3v) is 14.3. The fourth-order valence-corrected chi connectivity index (χ4v) is 9.56. The summed E-state index contributed by atoms with van der Waals surface area (Å²) in [6.45, 7) is 4.21. The molecule has 2 atom stereocenters. The first-order chi connectivity index (χ1) is 35.7. The summed E-state index contributed by atoms with van der Waals surface area (Å²) in [5.41, 5.74) is 0. The van der Waals surface area contributed by atoms with E-state index in [1.807, 2.05) is 6.08 Å². The summed E-state index contributed by atoms with van der Waals surface area (Å²) in [7, 11) is 0. The van der Waals surface area contributed by atoms with Crippen LogP contribution in [0.5, 0.6) is 0 Å². The summed E-state index contributed by atoms with van der Waals surface area (Å²) in [5, 5.41) is 23.2. The highest BCUT2D eigenvalue weighted by Gasteiger charge is 2.18. The number of aliphatic hydroxyl groups is 2. The van der Waals surface area contributed by atoms with Crippen LogP contribution >= 0.6 is 0 Å². The number of unbranched alkanes of at least 4 members (excludes halogenated alkanes) is 39. The molecule has 0 saturated heterocycles. The van der Waals surface area contributed by atoms with E-state index < -0.39 is 12.1 Å². The number of allylic oxidation sites excluding steroid dienone is 13. The Morgan fingerprint density at radius 2 is 0.625 bits per heavy atom. The fraction of sp³-hybridized carbons (Fsp3) is 0.779. The maximum absolute atomic E-state index is 12.5. The molecule has 4 heteroatoms. The third-order valence-electron chi connectivity index (χ3n) is 14.3. The topological polar surface area (TPSA) is 69.6 Å². The summed E-state index contributed by atoms with van der Waals surface area (Å²) in [6, 6.07) is -0.651. The van der Waals surface area contributed by atoms with E-state index in [1.165, 1.54) is 238 Å². The van der Waals surface area contributed by atoms with Gasteiger partial charge in [-0.15, -0.1) is 0 Å². The molecular weight excluding hydrogens is 879 g/mol. The van der Waals surface area contributed by atoms with Crippen LogP contribution in [0.15, 0.2) is 85.1 Å². The Labute approximate surface area is 450 Å². The van der Waals surface area contributed by atoms with Crippen LogP contribution in [0.25, 0.3) is 0 Å². The van der Waals surface area contributed by atoms with E-state index in [0.717, 1.165) is 64.2 Å². The van der Waals surface area contributed by atoms with Crippen molar-refractivity contribution in [1.82, 2.24) is 5.32 Å². The zero-order valence-corrected chi connectivity index (χ0v) is 48.2. The maximum Gasteiger partial charge on any atom is 0.220 e. The summed E-state index contributed by atoms with van der Waals surface area (Å²) in [5.74, 6) is -0.0768. The smallest absolute Gasteiger partial charge is 0.220 e. The van der Waals surface area contributed by atoms with E-state index in [4.69, 9.17) is 0 Å². The minimum atomic E-state index is -0.875. The molecular formula is C68H123NO3. The van der Waals surface area contributed by atoms with Gasteiger partial charge in [0.15, 0.2) is 0 Å². The van der Waals surface area contributed by atoms with Gasteiger partial charge in [-0.05, 0) is 83.5 Å². The Kier molecular flexibility index (Phi) is 60.7. The monoisotopic (exact) mass is 1000 g/mol. The molecule has 0 aliphatic carbocycles. The lowest BCUT2D eigenvalue weighted by Crippen LogP contribution is -2.45. The lowest BCUT2D eigenvalue weighted by Gasteiger charge is -2.19. The normalized spacial score (nSPS) is 13.3. The van der Waals surface area contributed by atoms with Gasteiger partial charge in [-0.2, -0.15) is 0 Å². The standard InChI is InChI=1S/C68H123NO3/c1-3-5-7-9-11-13-15-17-19-21-23-25-27-29-31-33-34-36-37-39-41-43-45-47-49-51-53-55-57-59-61-63-67(71)66(65-70)69-68(72)64-62-60-58-56-54-52-50-48-46-44-42-40-38-35-32-30-28-26-24-22-20-18-16-14-12-10-8-6-4-2/h6,8,12,14,18,20,24,26,45,47,53,55,61,63,66-67,70-71H,3-5,7,9-11,13,15-17,19,21-23,25,27-44,46,48-52,54,56-60,62,64-65H2,1-2H3,(H,69,72)/b8-6-,14-12-,20-18-,26-24-,47-45+,55-53+,63-61+. The molecule has 0 rings (SSSR count). The van der Waals surface area contributed by atoms with Crippen molar-refractivity contribution >= 4 is 5.91 Å². The zero-order chi connectivity index (χ0) is 52.0. The molecule has 0 radical (unpaired) electrons. The van der Waals surface area contributed by atoms with Crippen LogP contribution in [-0.4, -0.2) is 34.9 Å². The molecule has 72 heavy (non-hydrogen) atoms. The first kappa shape index (κ1) is 69.6. The molecule has 0 fully saturated rings. The molecule has 0 saturated carbocycles. The van der Waals surface area contributed by atoms with Crippen LogP contribution in [0, 0.1) is 0 Å². The maximum atomic E-state index is 12.5. The van der Waals surface area contributed by atoms with Crippen molar-refractivity contribution < 1.29 is 15.0 Å². The SMILES string of the molecule is CC/C=C\C/C=C\C/C=C\C/C=C\CCCCCCCCCCCCCCCCCCC(=O)NC(CO)C(O)/C=C/CC/C=C/CC/C=C/CCCCCCCCCCCCCCCCCCCCCCC. The summed E-state index contributed by atoms with van der Waals surface area (Å²) >= 11 is 0. The Hall–Kier alpha value is -2.43. The van der Waals surface area contributed by atoms with Crippen LogP contribution < -0.4 is 5.32 Å². The van der Waals surface area contributed by atoms with Gasteiger partial charge < -0.3 is 15.5 Å². The molecule has 0 aliphatic heterocycles. The highest BCUT2D eigenvalue weighted by molar-refractivity contribution is 5.76. The van der Waals surface area contributed by atoms with Gasteiger partial charge in [0.25, 0.3) is 0 Å². The molecule has 0 bridgehead atoms. The Balaban J connectivity index is 3.53.